The molecular formula is C27H30N4. The van der Waals surface area contributed by atoms with Gasteiger partial charge in [0.05, 0.1) is 16.9 Å². The van der Waals surface area contributed by atoms with Crippen molar-refractivity contribution in [2.45, 2.75) is 55.4 Å². The van der Waals surface area contributed by atoms with Crippen LogP contribution in [0.1, 0.15) is 58.6 Å². The molecule has 4 nitrogen and oxygen atoms in total. The molecule has 4 aromatic rings. The molecule has 0 fully saturated rings. The van der Waals surface area contributed by atoms with E-state index in [9.17, 15) is 0 Å². The number of aromatic amines is 3. The fraction of sp³-hybridized carbons (Fsp3) is 0.296. The van der Waals surface area contributed by atoms with Gasteiger partial charge in [0.15, 0.2) is 0 Å². The highest BCUT2D eigenvalue weighted by molar-refractivity contribution is 5.97. The lowest BCUT2D eigenvalue weighted by molar-refractivity contribution is 1.29. The van der Waals surface area contributed by atoms with Crippen LogP contribution in [0, 0.1) is 41.5 Å². The van der Waals surface area contributed by atoms with Crippen molar-refractivity contribution in [2.75, 3.05) is 0 Å². The monoisotopic (exact) mass is 410 g/mol. The Kier molecular flexibility index (Phi) is 4.20. The van der Waals surface area contributed by atoms with E-state index in [0.29, 0.717) is 0 Å². The minimum atomic E-state index is 1.03. The molecule has 0 aliphatic carbocycles. The summed E-state index contributed by atoms with van der Waals surface area (Å²) in [4.78, 5) is 16.1. The van der Waals surface area contributed by atoms with Crippen LogP contribution in [-0.4, -0.2) is 19.9 Å². The van der Waals surface area contributed by atoms with Gasteiger partial charge in [0.1, 0.15) is 0 Å². The van der Waals surface area contributed by atoms with Gasteiger partial charge in [-0.25, -0.2) is 4.98 Å². The van der Waals surface area contributed by atoms with Crippen molar-refractivity contribution in [3.63, 3.8) is 0 Å². The van der Waals surface area contributed by atoms with Crippen LogP contribution in [0.25, 0.3) is 44.2 Å². The van der Waals surface area contributed by atoms with E-state index in [0.717, 1.165) is 44.5 Å². The molecule has 1 aliphatic rings. The van der Waals surface area contributed by atoms with Crippen LogP contribution in [-0.2, 0) is 0 Å². The van der Waals surface area contributed by atoms with Crippen molar-refractivity contribution in [1.29, 1.82) is 0 Å². The largest absolute Gasteiger partial charge is 0.355 e. The lowest BCUT2D eigenvalue weighted by atomic mass is 10.1. The molecule has 3 N–H and O–H groups in total. The summed E-state index contributed by atoms with van der Waals surface area (Å²) < 4.78 is 0. The number of hydrogen-bond donors (Lipinski definition) is 3. The van der Waals surface area contributed by atoms with Crippen molar-refractivity contribution in [3.05, 3.63) is 63.0 Å². The first-order chi connectivity index (χ1) is 14.7. The molecule has 4 heteroatoms. The Morgan fingerprint density at radius 2 is 0.903 bits per heavy atom. The number of H-pyrrole nitrogens is 3. The fourth-order valence-corrected chi connectivity index (χ4v) is 4.61. The molecule has 31 heavy (non-hydrogen) atoms. The Morgan fingerprint density at radius 1 is 0.484 bits per heavy atom. The van der Waals surface area contributed by atoms with Crippen LogP contribution >= 0.6 is 0 Å². The molecule has 1 aliphatic heterocycles. The van der Waals surface area contributed by atoms with Crippen LogP contribution in [0.15, 0.2) is 18.2 Å². The molecule has 5 heterocycles. The van der Waals surface area contributed by atoms with Gasteiger partial charge in [0, 0.05) is 27.6 Å². The van der Waals surface area contributed by atoms with Crippen molar-refractivity contribution in [1.82, 2.24) is 19.9 Å². The van der Waals surface area contributed by atoms with E-state index in [4.69, 9.17) is 4.98 Å². The summed E-state index contributed by atoms with van der Waals surface area (Å²) >= 11 is 0. The van der Waals surface area contributed by atoms with E-state index in [2.05, 4.69) is 88.5 Å². The van der Waals surface area contributed by atoms with Crippen LogP contribution in [0.3, 0.4) is 0 Å². The SMILES string of the molecule is CC1=C(C)c2nc1cc1[nH]c(cc3[nH]c(cc4[nH]c2c(C)c4C)c(C)c3C)c(C)c1C. The smallest absolute Gasteiger partial charge is 0.0907 e. The Labute approximate surface area is 182 Å². The third-order valence-electron chi connectivity index (χ3n) is 7.51. The van der Waals surface area contributed by atoms with Gasteiger partial charge in [-0.1, -0.05) is 0 Å². The minimum absolute atomic E-state index is 1.03. The predicted octanol–water partition coefficient (Wildman–Crippen LogP) is 7.33. The summed E-state index contributed by atoms with van der Waals surface area (Å²) in [5, 5.41) is 0. The van der Waals surface area contributed by atoms with E-state index >= 15 is 0 Å². The van der Waals surface area contributed by atoms with E-state index in [1.807, 2.05) is 0 Å². The number of allylic oxidation sites excluding steroid dienone is 2. The number of rotatable bonds is 0. The maximum absolute atomic E-state index is 5.08. The standard InChI is InChI=1S/C27H30N4/c1-12-14(3)22-10-24-16(5)18(7)26(30-24)27-19(8)17(6)25(31-27)11-23-15(4)13(2)21(29-23)9-20(12)28-22/h9-11,28-30H,1-8H3. The second-order valence-corrected chi connectivity index (χ2v) is 9.10. The Hall–Kier alpha value is -3.27. The zero-order valence-electron chi connectivity index (χ0n) is 19.7. The molecule has 158 valence electrons. The number of nitrogens with zero attached hydrogens (tertiary/aromatic N) is 1. The molecule has 8 bridgehead atoms. The van der Waals surface area contributed by atoms with Crippen molar-refractivity contribution >= 4 is 44.2 Å². The second kappa shape index (κ2) is 6.61. The lowest BCUT2D eigenvalue weighted by Gasteiger charge is -1.97. The molecule has 0 saturated carbocycles. The molecule has 0 amide bonds. The first-order valence-electron chi connectivity index (χ1n) is 10.9. The highest BCUT2D eigenvalue weighted by Crippen LogP contribution is 2.34. The number of nitrogens with one attached hydrogen (secondary N) is 3. The molecule has 0 aromatic carbocycles. The fourth-order valence-electron chi connectivity index (χ4n) is 4.61. The van der Waals surface area contributed by atoms with Gasteiger partial charge < -0.3 is 15.0 Å². The highest BCUT2D eigenvalue weighted by atomic mass is 14.8. The molecule has 0 radical (unpaired) electrons. The Balaban J connectivity index is 2.07. The third-order valence-corrected chi connectivity index (χ3v) is 7.51. The molecule has 0 saturated heterocycles. The first-order valence-corrected chi connectivity index (χ1v) is 10.9. The van der Waals surface area contributed by atoms with E-state index in [-0.39, 0.29) is 0 Å². The average molecular weight is 411 g/mol. The summed E-state index contributed by atoms with van der Waals surface area (Å²) in [5.74, 6) is 0. The van der Waals surface area contributed by atoms with Crippen LogP contribution < -0.4 is 0 Å². The number of aromatic nitrogens is 4. The third kappa shape index (κ3) is 2.78. The van der Waals surface area contributed by atoms with Gasteiger partial charge in [0.25, 0.3) is 0 Å². The first kappa shape index (κ1) is 19.7. The lowest BCUT2D eigenvalue weighted by Crippen LogP contribution is -1.82. The topological polar surface area (TPSA) is 60.3 Å². The van der Waals surface area contributed by atoms with Gasteiger partial charge in [-0.3, -0.25) is 0 Å². The van der Waals surface area contributed by atoms with E-state index in [1.54, 1.807) is 0 Å². The van der Waals surface area contributed by atoms with Crippen LogP contribution in [0.5, 0.6) is 0 Å². The number of aryl methyl sites for hydroxylation is 6. The molecular weight excluding hydrogens is 380 g/mol. The van der Waals surface area contributed by atoms with Crippen molar-refractivity contribution in [2.24, 2.45) is 0 Å². The summed E-state index contributed by atoms with van der Waals surface area (Å²) in [7, 11) is 0. The Bertz CT molecular complexity index is 1550. The Morgan fingerprint density at radius 3 is 1.42 bits per heavy atom. The zero-order valence-corrected chi connectivity index (χ0v) is 19.7. The molecule has 4 aromatic heterocycles. The average Bonchev–Trinajstić information content (AvgIpc) is 3.36. The molecule has 0 unspecified atom stereocenters. The summed E-state index contributed by atoms with van der Waals surface area (Å²) in [6, 6.07) is 6.67. The zero-order chi connectivity index (χ0) is 22.2. The van der Waals surface area contributed by atoms with Crippen molar-refractivity contribution < 1.29 is 0 Å². The van der Waals surface area contributed by atoms with E-state index in [1.165, 1.54) is 44.5 Å². The van der Waals surface area contributed by atoms with Crippen LogP contribution in [0.2, 0.25) is 0 Å². The van der Waals surface area contributed by atoms with E-state index < -0.39 is 0 Å². The minimum Gasteiger partial charge on any atom is -0.355 e. The summed E-state index contributed by atoms with van der Waals surface area (Å²) in [5.41, 5.74) is 19.0. The predicted molar refractivity (Wildman–Crippen MR) is 133 cm³/mol. The highest BCUT2D eigenvalue weighted by Gasteiger charge is 2.18. The van der Waals surface area contributed by atoms with Gasteiger partial charge in [-0.05, 0) is 118 Å². The van der Waals surface area contributed by atoms with Crippen LogP contribution in [0.4, 0.5) is 0 Å². The molecule has 0 spiro atoms. The van der Waals surface area contributed by atoms with Gasteiger partial charge in [-0.2, -0.15) is 0 Å². The summed E-state index contributed by atoms with van der Waals surface area (Å²) in [6.07, 6.45) is 0. The summed E-state index contributed by atoms with van der Waals surface area (Å²) in [6.45, 7) is 17.5. The maximum Gasteiger partial charge on any atom is 0.0907 e. The molecule has 0 atom stereocenters. The van der Waals surface area contributed by atoms with Gasteiger partial charge >= 0.3 is 0 Å². The second-order valence-electron chi connectivity index (χ2n) is 9.10. The normalized spacial score (nSPS) is 13.0. The number of fused-ring (bicyclic) bond motifs is 9. The number of hydrogen-bond acceptors (Lipinski definition) is 1. The van der Waals surface area contributed by atoms with Gasteiger partial charge in [-0.15, -0.1) is 0 Å². The quantitative estimate of drug-likeness (QED) is 0.279. The van der Waals surface area contributed by atoms with Crippen molar-refractivity contribution in [3.8, 4) is 0 Å². The maximum atomic E-state index is 5.08. The van der Waals surface area contributed by atoms with Gasteiger partial charge in [0.2, 0.25) is 0 Å². The molecule has 5 rings (SSSR count).